The lowest BCUT2D eigenvalue weighted by Crippen LogP contribution is -2.20. The fourth-order valence-corrected chi connectivity index (χ4v) is 4.06. The van der Waals surface area contributed by atoms with E-state index in [1.54, 1.807) is 30.5 Å². The van der Waals surface area contributed by atoms with Gasteiger partial charge >= 0.3 is 6.03 Å². The summed E-state index contributed by atoms with van der Waals surface area (Å²) in [6.07, 6.45) is 3.80. The second-order valence-electron chi connectivity index (χ2n) is 8.13. The van der Waals surface area contributed by atoms with E-state index in [0.717, 1.165) is 25.9 Å². The van der Waals surface area contributed by atoms with Crippen LogP contribution in [0.15, 0.2) is 54.7 Å². The molecular formula is C25H19ClF3N5O2. The standard InChI is InChI=1S/C25H19ClF3N5O2/c26-14-4-3-5-15(10-14)31-25(35)33-20-12-17(27)22(28)24(23(20)29)36-16-6-7-18-19(11-16)32-21(13-30-18)34-8-1-2-9-34/h3-7,10-13H,1-2,8-9H2,(H2,31,33,35). The second-order valence-corrected chi connectivity index (χ2v) is 8.56. The van der Waals surface area contributed by atoms with Crippen molar-refractivity contribution >= 4 is 45.9 Å². The molecule has 1 aromatic heterocycles. The van der Waals surface area contributed by atoms with E-state index in [-0.39, 0.29) is 5.75 Å². The molecule has 0 bridgehead atoms. The molecule has 1 aliphatic rings. The van der Waals surface area contributed by atoms with Crippen molar-refractivity contribution < 1.29 is 22.7 Å². The number of urea groups is 1. The predicted octanol–water partition coefficient (Wildman–Crippen LogP) is 6.74. The smallest absolute Gasteiger partial charge is 0.323 e. The van der Waals surface area contributed by atoms with Gasteiger partial charge < -0.3 is 20.3 Å². The van der Waals surface area contributed by atoms with E-state index in [4.69, 9.17) is 16.3 Å². The lowest BCUT2D eigenvalue weighted by molar-refractivity contribution is 0.262. The van der Waals surface area contributed by atoms with E-state index in [9.17, 15) is 13.6 Å². The maximum atomic E-state index is 15.1. The molecule has 2 amide bonds. The summed E-state index contributed by atoms with van der Waals surface area (Å²) < 4.78 is 49.3. The lowest BCUT2D eigenvalue weighted by atomic mass is 10.2. The fourth-order valence-electron chi connectivity index (χ4n) is 3.87. The average molecular weight is 514 g/mol. The summed E-state index contributed by atoms with van der Waals surface area (Å²) in [6.45, 7) is 1.74. The molecule has 4 aromatic rings. The summed E-state index contributed by atoms with van der Waals surface area (Å²) in [5.41, 5.74) is 0.726. The Labute approximate surface area is 208 Å². The van der Waals surface area contributed by atoms with Crippen molar-refractivity contribution in [2.24, 2.45) is 0 Å². The first-order chi connectivity index (χ1) is 17.4. The summed E-state index contributed by atoms with van der Waals surface area (Å²) in [5, 5.41) is 4.96. The molecule has 2 N–H and O–H groups in total. The number of nitrogens with zero attached hydrogens (tertiary/aromatic N) is 3. The number of hydrogen-bond acceptors (Lipinski definition) is 5. The van der Waals surface area contributed by atoms with Gasteiger partial charge in [0.15, 0.2) is 11.6 Å². The third-order valence-corrected chi connectivity index (χ3v) is 5.83. The molecule has 7 nitrogen and oxygen atoms in total. The zero-order chi connectivity index (χ0) is 25.2. The molecule has 1 fully saturated rings. The van der Waals surface area contributed by atoms with Crippen molar-refractivity contribution in [3.05, 3.63) is 77.2 Å². The van der Waals surface area contributed by atoms with Crippen molar-refractivity contribution in [2.45, 2.75) is 12.8 Å². The fraction of sp³-hybridized carbons (Fsp3) is 0.160. The number of anilines is 3. The molecule has 0 aliphatic carbocycles. The van der Waals surface area contributed by atoms with E-state index in [0.29, 0.717) is 33.6 Å². The van der Waals surface area contributed by atoms with Crippen LogP contribution in [0.3, 0.4) is 0 Å². The highest BCUT2D eigenvalue weighted by molar-refractivity contribution is 6.30. The van der Waals surface area contributed by atoms with Crippen LogP contribution in [0, 0.1) is 17.5 Å². The quantitative estimate of drug-likeness (QED) is 0.289. The summed E-state index contributed by atoms with van der Waals surface area (Å²) in [6, 6.07) is 10.4. The maximum Gasteiger partial charge on any atom is 0.323 e. The maximum absolute atomic E-state index is 15.1. The van der Waals surface area contributed by atoms with Gasteiger partial charge in [0.25, 0.3) is 0 Å². The van der Waals surface area contributed by atoms with Crippen LogP contribution in [-0.2, 0) is 0 Å². The number of nitrogens with one attached hydrogen (secondary N) is 2. The van der Waals surface area contributed by atoms with Crippen LogP contribution in [0.1, 0.15) is 12.8 Å². The molecule has 0 radical (unpaired) electrons. The van der Waals surface area contributed by atoms with Crippen molar-refractivity contribution in [1.29, 1.82) is 0 Å². The zero-order valence-corrected chi connectivity index (χ0v) is 19.5. The summed E-state index contributed by atoms with van der Waals surface area (Å²) >= 11 is 5.88. The Morgan fingerprint density at radius 3 is 2.56 bits per heavy atom. The zero-order valence-electron chi connectivity index (χ0n) is 18.7. The minimum absolute atomic E-state index is 0.0214. The molecule has 0 spiro atoms. The Balaban J connectivity index is 1.40. The van der Waals surface area contributed by atoms with Gasteiger partial charge in [0.05, 0.1) is 22.9 Å². The highest BCUT2D eigenvalue weighted by atomic mass is 35.5. The van der Waals surface area contributed by atoms with Gasteiger partial charge in [-0.25, -0.2) is 18.6 Å². The monoisotopic (exact) mass is 513 g/mol. The summed E-state index contributed by atoms with van der Waals surface area (Å²) in [5.74, 6) is -4.51. The lowest BCUT2D eigenvalue weighted by Gasteiger charge is -2.16. The number of amides is 2. The molecule has 3 aromatic carbocycles. The van der Waals surface area contributed by atoms with E-state index in [1.807, 2.05) is 0 Å². The first kappa shape index (κ1) is 23.7. The van der Waals surface area contributed by atoms with Gasteiger partial charge in [0, 0.05) is 35.9 Å². The van der Waals surface area contributed by atoms with Gasteiger partial charge in [0.2, 0.25) is 11.6 Å². The Morgan fingerprint density at radius 1 is 0.972 bits per heavy atom. The molecular weight excluding hydrogens is 495 g/mol. The van der Waals surface area contributed by atoms with Gasteiger partial charge in [-0.3, -0.25) is 4.98 Å². The molecule has 5 rings (SSSR count). The van der Waals surface area contributed by atoms with Crippen LogP contribution in [-0.4, -0.2) is 29.1 Å². The number of carbonyl (C=O) groups is 1. The molecule has 184 valence electrons. The van der Waals surface area contributed by atoms with Crippen LogP contribution in [0.5, 0.6) is 11.5 Å². The molecule has 36 heavy (non-hydrogen) atoms. The van der Waals surface area contributed by atoms with Crippen molar-refractivity contribution in [2.75, 3.05) is 28.6 Å². The second kappa shape index (κ2) is 9.90. The van der Waals surface area contributed by atoms with Gasteiger partial charge in [-0.15, -0.1) is 0 Å². The molecule has 0 saturated carbocycles. The molecule has 1 aliphatic heterocycles. The number of halogens is 4. The van der Waals surface area contributed by atoms with Gasteiger partial charge in [-0.05, 0) is 43.2 Å². The summed E-state index contributed by atoms with van der Waals surface area (Å²) in [7, 11) is 0. The highest BCUT2D eigenvalue weighted by Crippen LogP contribution is 2.35. The molecule has 2 heterocycles. The van der Waals surface area contributed by atoms with Crippen LogP contribution in [0.25, 0.3) is 11.0 Å². The highest BCUT2D eigenvalue weighted by Gasteiger charge is 2.23. The van der Waals surface area contributed by atoms with Crippen LogP contribution in [0.2, 0.25) is 5.02 Å². The van der Waals surface area contributed by atoms with Crippen molar-refractivity contribution in [3.63, 3.8) is 0 Å². The third kappa shape index (κ3) is 4.99. The van der Waals surface area contributed by atoms with E-state index >= 15 is 4.39 Å². The third-order valence-electron chi connectivity index (χ3n) is 5.60. The molecule has 0 atom stereocenters. The minimum atomic E-state index is -1.54. The van der Waals surface area contributed by atoms with Crippen LogP contribution >= 0.6 is 11.6 Å². The van der Waals surface area contributed by atoms with Gasteiger partial charge in [0.1, 0.15) is 11.6 Å². The Kier molecular flexibility index (Phi) is 6.51. The van der Waals surface area contributed by atoms with Crippen molar-refractivity contribution in [1.82, 2.24) is 9.97 Å². The van der Waals surface area contributed by atoms with Crippen LogP contribution in [0.4, 0.5) is 35.2 Å². The SMILES string of the molecule is O=C(Nc1cccc(Cl)c1)Nc1cc(F)c(F)c(Oc2ccc3ncc(N4CCCC4)nc3c2)c1F. The molecule has 11 heteroatoms. The average Bonchev–Trinajstić information content (AvgIpc) is 3.40. The van der Waals surface area contributed by atoms with E-state index in [2.05, 4.69) is 25.5 Å². The number of benzene rings is 3. The topological polar surface area (TPSA) is 79.4 Å². The molecule has 1 saturated heterocycles. The molecule has 0 unspecified atom stereocenters. The van der Waals surface area contributed by atoms with E-state index < -0.39 is 34.9 Å². The Morgan fingerprint density at radius 2 is 1.78 bits per heavy atom. The summed E-state index contributed by atoms with van der Waals surface area (Å²) in [4.78, 5) is 23.3. The Hall–Kier alpha value is -4.05. The number of fused-ring (bicyclic) bond motifs is 1. The number of ether oxygens (including phenoxy) is 1. The van der Waals surface area contributed by atoms with Gasteiger partial charge in [-0.1, -0.05) is 17.7 Å². The predicted molar refractivity (Wildman–Crippen MR) is 131 cm³/mol. The van der Waals surface area contributed by atoms with Crippen molar-refractivity contribution in [3.8, 4) is 11.5 Å². The first-order valence-electron chi connectivity index (χ1n) is 11.1. The number of carbonyl (C=O) groups excluding carboxylic acids is 1. The largest absolute Gasteiger partial charge is 0.451 e. The van der Waals surface area contributed by atoms with E-state index in [1.165, 1.54) is 18.2 Å². The normalized spacial score (nSPS) is 13.2. The first-order valence-corrected chi connectivity index (χ1v) is 11.5. The van der Waals surface area contributed by atoms with Gasteiger partial charge in [-0.2, -0.15) is 4.39 Å². The Bertz CT molecular complexity index is 1460. The number of rotatable bonds is 5. The number of aromatic nitrogens is 2. The number of hydrogen-bond donors (Lipinski definition) is 2. The minimum Gasteiger partial charge on any atom is -0.451 e. The van der Waals surface area contributed by atoms with Crippen LogP contribution < -0.4 is 20.3 Å².